The van der Waals surface area contributed by atoms with Gasteiger partial charge in [-0.3, -0.25) is 9.59 Å². The molecule has 1 aliphatic carbocycles. The van der Waals surface area contributed by atoms with Crippen LogP contribution in [-0.2, 0) is 19.9 Å². The highest BCUT2D eigenvalue weighted by Gasteiger charge is 2.62. The third-order valence-electron chi connectivity index (χ3n) is 5.67. The lowest BCUT2D eigenvalue weighted by atomic mass is 9.80. The molecule has 1 saturated carbocycles. The first-order valence-electron chi connectivity index (χ1n) is 9.69. The van der Waals surface area contributed by atoms with E-state index in [0.29, 0.717) is 5.75 Å². The van der Waals surface area contributed by atoms with E-state index in [9.17, 15) is 14.7 Å². The number of Topliss-reactive ketones (excluding diaryl/α,β-unsaturated/α-hetero) is 1. The minimum absolute atomic E-state index is 0.00932. The summed E-state index contributed by atoms with van der Waals surface area (Å²) in [6, 6.07) is 26.7. The predicted octanol–water partition coefficient (Wildman–Crippen LogP) is 4.05. The lowest BCUT2D eigenvalue weighted by Crippen LogP contribution is -2.37. The van der Waals surface area contributed by atoms with E-state index in [-0.39, 0.29) is 18.8 Å². The van der Waals surface area contributed by atoms with E-state index in [1.54, 1.807) is 7.11 Å². The smallest absolute Gasteiger partial charge is 0.320 e. The Morgan fingerprint density at radius 2 is 1.37 bits per heavy atom. The first kappa shape index (κ1) is 19.9. The normalized spacial score (nSPS) is 18.1. The highest BCUT2D eigenvalue weighted by molar-refractivity contribution is 6.17. The van der Waals surface area contributed by atoms with Crippen LogP contribution in [0.1, 0.15) is 23.1 Å². The number of hydrogen-bond acceptors (Lipinski definition) is 4. The summed E-state index contributed by atoms with van der Waals surface area (Å²) in [6.45, 7) is -0.211. The van der Waals surface area contributed by atoms with Crippen molar-refractivity contribution in [2.45, 2.75) is 12.0 Å². The number of carboxylic acid groups (broad SMARTS) is 1. The van der Waals surface area contributed by atoms with Crippen LogP contribution in [0.25, 0.3) is 0 Å². The summed E-state index contributed by atoms with van der Waals surface area (Å²) >= 11 is 0. The van der Waals surface area contributed by atoms with Crippen LogP contribution in [0, 0.1) is 5.41 Å². The van der Waals surface area contributed by atoms with Crippen LogP contribution in [0.2, 0.25) is 0 Å². The molecule has 0 aliphatic heterocycles. The lowest BCUT2D eigenvalue weighted by Gasteiger charge is -2.36. The zero-order valence-electron chi connectivity index (χ0n) is 16.6. The van der Waals surface area contributed by atoms with Crippen LogP contribution >= 0.6 is 0 Å². The fraction of sp³-hybridized carbons (Fsp3) is 0.200. The molecule has 4 rings (SSSR count). The van der Waals surface area contributed by atoms with Gasteiger partial charge in [-0.1, -0.05) is 72.8 Å². The molecule has 1 N–H and O–H groups in total. The molecule has 0 bridgehead atoms. The van der Waals surface area contributed by atoms with Gasteiger partial charge in [0.25, 0.3) is 0 Å². The molecule has 152 valence electrons. The molecule has 0 spiro atoms. The van der Waals surface area contributed by atoms with Crippen molar-refractivity contribution in [1.29, 1.82) is 0 Å². The summed E-state index contributed by atoms with van der Waals surface area (Å²) in [5.41, 5.74) is -0.0548. The van der Waals surface area contributed by atoms with Crippen molar-refractivity contribution in [2.75, 3.05) is 13.7 Å². The molecule has 1 unspecified atom stereocenters. The molecule has 0 amide bonds. The van der Waals surface area contributed by atoms with Gasteiger partial charge in [-0.15, -0.1) is 0 Å². The fourth-order valence-electron chi connectivity index (χ4n) is 3.77. The molecule has 5 nitrogen and oxygen atoms in total. The fourth-order valence-corrected chi connectivity index (χ4v) is 3.77. The molecule has 0 radical (unpaired) electrons. The summed E-state index contributed by atoms with van der Waals surface area (Å²) < 4.78 is 11.8. The maximum absolute atomic E-state index is 12.0. The van der Waals surface area contributed by atoms with Crippen molar-refractivity contribution in [1.82, 2.24) is 0 Å². The number of rotatable bonds is 8. The number of benzene rings is 3. The predicted molar refractivity (Wildman–Crippen MR) is 111 cm³/mol. The van der Waals surface area contributed by atoms with E-state index in [0.717, 1.165) is 16.7 Å². The van der Waals surface area contributed by atoms with Crippen molar-refractivity contribution < 1.29 is 24.2 Å². The Bertz CT molecular complexity index is 1000. The molecule has 1 atom stereocenters. The number of methoxy groups -OCH3 is 1. The second kappa shape index (κ2) is 7.76. The van der Waals surface area contributed by atoms with Crippen molar-refractivity contribution in [2.24, 2.45) is 5.41 Å². The summed E-state index contributed by atoms with van der Waals surface area (Å²) in [4.78, 5) is 23.8. The van der Waals surface area contributed by atoms with Gasteiger partial charge in [0.15, 0.2) is 11.2 Å². The Labute approximate surface area is 174 Å². The van der Waals surface area contributed by atoms with Gasteiger partial charge in [0, 0.05) is 6.42 Å². The average molecular weight is 402 g/mol. The van der Waals surface area contributed by atoms with Crippen LogP contribution in [0.3, 0.4) is 0 Å². The van der Waals surface area contributed by atoms with Gasteiger partial charge in [-0.2, -0.15) is 0 Å². The molecule has 0 heterocycles. The van der Waals surface area contributed by atoms with E-state index in [2.05, 4.69) is 0 Å². The number of carbonyl (C=O) groups excluding carboxylic acids is 1. The van der Waals surface area contributed by atoms with Crippen LogP contribution in [-0.4, -0.2) is 30.6 Å². The van der Waals surface area contributed by atoms with Crippen molar-refractivity contribution >= 4 is 11.8 Å². The van der Waals surface area contributed by atoms with Gasteiger partial charge >= 0.3 is 5.97 Å². The summed E-state index contributed by atoms with van der Waals surface area (Å²) in [5.74, 6) is -0.745. The zero-order valence-corrected chi connectivity index (χ0v) is 16.6. The molecular formula is C25H22O5. The monoisotopic (exact) mass is 402 g/mol. The van der Waals surface area contributed by atoms with E-state index in [1.807, 2.05) is 84.9 Å². The topological polar surface area (TPSA) is 72.8 Å². The number of ether oxygens (including phenoxy) is 2. The molecule has 1 aliphatic rings. The third kappa shape index (κ3) is 3.27. The Kier molecular flexibility index (Phi) is 5.14. The highest BCUT2D eigenvalue weighted by atomic mass is 16.5. The lowest BCUT2D eigenvalue weighted by molar-refractivity contribution is -0.149. The standard InChI is InChI=1S/C25H22O5/c1-29-21-14-12-20(13-15-21)25(18-8-4-2-5-9-18,19-10-6-3-7-11-19)30-17-24(23(27)28)16-22(24)26/h2-15H,16-17H2,1H3,(H,27,28). The number of carboxylic acids is 1. The summed E-state index contributed by atoms with van der Waals surface area (Å²) in [6.07, 6.45) is -0.00932. The molecule has 0 aromatic heterocycles. The summed E-state index contributed by atoms with van der Waals surface area (Å²) in [7, 11) is 1.60. The Morgan fingerprint density at radius 1 is 0.900 bits per heavy atom. The van der Waals surface area contributed by atoms with Gasteiger partial charge in [0.05, 0.1) is 13.7 Å². The quantitative estimate of drug-likeness (QED) is 0.455. The van der Waals surface area contributed by atoms with E-state index >= 15 is 0 Å². The maximum atomic E-state index is 12.0. The van der Waals surface area contributed by atoms with E-state index < -0.39 is 17.0 Å². The first-order valence-corrected chi connectivity index (χ1v) is 9.69. The van der Waals surface area contributed by atoms with Crippen molar-refractivity contribution in [3.63, 3.8) is 0 Å². The van der Waals surface area contributed by atoms with Gasteiger partial charge < -0.3 is 14.6 Å². The van der Waals surface area contributed by atoms with Crippen LogP contribution < -0.4 is 4.74 Å². The number of aliphatic carboxylic acids is 1. The number of carbonyl (C=O) groups is 2. The van der Waals surface area contributed by atoms with Crippen LogP contribution in [0.5, 0.6) is 5.75 Å². The summed E-state index contributed by atoms with van der Waals surface area (Å²) in [5, 5.41) is 9.63. The SMILES string of the molecule is COc1ccc(C(OCC2(C(=O)O)CC2=O)(c2ccccc2)c2ccccc2)cc1. The van der Waals surface area contributed by atoms with Crippen LogP contribution in [0.15, 0.2) is 84.9 Å². The number of ketones is 1. The molecule has 0 saturated heterocycles. The zero-order chi connectivity index (χ0) is 21.2. The average Bonchev–Trinajstić information content (AvgIpc) is 3.47. The molecule has 30 heavy (non-hydrogen) atoms. The van der Waals surface area contributed by atoms with Crippen LogP contribution in [0.4, 0.5) is 0 Å². The minimum atomic E-state index is -1.47. The van der Waals surface area contributed by atoms with Gasteiger partial charge in [-0.05, 0) is 28.8 Å². The van der Waals surface area contributed by atoms with E-state index in [1.165, 1.54) is 0 Å². The minimum Gasteiger partial charge on any atom is -0.497 e. The van der Waals surface area contributed by atoms with Gasteiger partial charge in [0.1, 0.15) is 11.4 Å². The second-order valence-corrected chi connectivity index (χ2v) is 7.42. The molecule has 1 fully saturated rings. The molecular weight excluding hydrogens is 380 g/mol. The van der Waals surface area contributed by atoms with Gasteiger partial charge in [-0.25, -0.2) is 0 Å². The second-order valence-electron chi connectivity index (χ2n) is 7.42. The number of hydrogen-bond donors (Lipinski definition) is 1. The largest absolute Gasteiger partial charge is 0.497 e. The Hall–Kier alpha value is -3.44. The van der Waals surface area contributed by atoms with Crippen molar-refractivity contribution in [3.8, 4) is 5.75 Å². The molecule has 5 heteroatoms. The maximum Gasteiger partial charge on any atom is 0.320 e. The molecule has 3 aromatic rings. The van der Waals surface area contributed by atoms with E-state index in [4.69, 9.17) is 9.47 Å². The van der Waals surface area contributed by atoms with Crippen molar-refractivity contribution in [3.05, 3.63) is 102 Å². The Balaban J connectivity index is 1.89. The highest BCUT2D eigenvalue weighted by Crippen LogP contribution is 2.47. The Morgan fingerprint density at radius 3 is 1.77 bits per heavy atom. The molecule has 3 aromatic carbocycles. The first-order chi connectivity index (χ1) is 14.5. The third-order valence-corrected chi connectivity index (χ3v) is 5.67. The van der Waals surface area contributed by atoms with Gasteiger partial charge in [0.2, 0.25) is 0 Å².